The zero-order valence-electron chi connectivity index (χ0n) is 16.3. The van der Waals surface area contributed by atoms with Gasteiger partial charge in [0, 0.05) is 34.6 Å². The Morgan fingerprint density at radius 1 is 1.34 bits per heavy atom. The quantitative estimate of drug-likeness (QED) is 0.544. The highest BCUT2D eigenvalue weighted by molar-refractivity contribution is 9.18. The summed E-state index contributed by atoms with van der Waals surface area (Å²) in [5.74, 6) is -0.0884. The molecule has 0 fully saturated rings. The third-order valence-electron chi connectivity index (χ3n) is 4.84. The van der Waals surface area contributed by atoms with Gasteiger partial charge in [0.15, 0.2) is 0 Å². The molecule has 2 aliphatic rings. The molecule has 4 rings (SSSR count). The van der Waals surface area contributed by atoms with Crippen molar-refractivity contribution in [1.82, 2.24) is 0 Å². The van der Waals surface area contributed by atoms with Gasteiger partial charge in [-0.1, -0.05) is 6.07 Å². The van der Waals surface area contributed by atoms with Crippen LogP contribution in [0.3, 0.4) is 0 Å². The molecule has 1 amide bonds. The van der Waals surface area contributed by atoms with Gasteiger partial charge in [-0.15, -0.1) is 11.3 Å². The number of rotatable bonds is 5. The molecular weight excluding hydrogens is 450 g/mol. The molecule has 8 heteroatoms. The van der Waals surface area contributed by atoms with E-state index in [1.807, 2.05) is 24.4 Å². The van der Waals surface area contributed by atoms with Gasteiger partial charge in [-0.2, -0.15) is 0 Å². The van der Waals surface area contributed by atoms with Crippen molar-refractivity contribution < 1.29 is 4.79 Å². The van der Waals surface area contributed by atoms with Crippen molar-refractivity contribution in [2.45, 2.75) is 26.3 Å². The van der Waals surface area contributed by atoms with Crippen LogP contribution >= 0.6 is 27.3 Å². The number of hydrogen-bond donors (Lipinski definition) is 3. The molecule has 1 atom stereocenters. The van der Waals surface area contributed by atoms with E-state index in [1.54, 1.807) is 17.4 Å². The number of hydrogen-bond acceptors (Lipinski definition) is 6. The summed E-state index contributed by atoms with van der Waals surface area (Å²) in [6.07, 6.45) is 4.32. The van der Waals surface area contributed by atoms with Crippen molar-refractivity contribution in [1.29, 1.82) is 0 Å². The molecular formula is C21H22BrN5OS. The molecule has 6 nitrogen and oxygen atoms in total. The smallest absolute Gasteiger partial charge is 0.251 e. The molecule has 1 aromatic carbocycles. The Hall–Kier alpha value is -2.45. The molecule has 0 spiro atoms. The highest BCUT2D eigenvalue weighted by Crippen LogP contribution is 2.40. The van der Waals surface area contributed by atoms with E-state index in [2.05, 4.69) is 61.8 Å². The zero-order chi connectivity index (χ0) is 20.4. The number of carbonyl (C=O) groups is 1. The Kier molecular flexibility index (Phi) is 5.82. The van der Waals surface area contributed by atoms with Crippen LogP contribution in [-0.2, 0) is 4.79 Å². The number of anilines is 3. The number of amides is 1. The van der Waals surface area contributed by atoms with Gasteiger partial charge in [-0.25, -0.2) is 0 Å². The molecule has 3 heterocycles. The summed E-state index contributed by atoms with van der Waals surface area (Å²) in [6, 6.07) is 8.18. The minimum atomic E-state index is -0.0884. The van der Waals surface area contributed by atoms with Gasteiger partial charge in [-0.3, -0.25) is 14.8 Å². The topological polar surface area (TPSA) is 77.9 Å². The van der Waals surface area contributed by atoms with Crippen molar-refractivity contribution in [2.24, 2.45) is 9.98 Å². The van der Waals surface area contributed by atoms with Crippen LogP contribution in [-0.4, -0.2) is 29.8 Å². The van der Waals surface area contributed by atoms with Crippen LogP contribution in [0.25, 0.3) is 0 Å². The SMILES string of the molecule is Cc1ccc(NC(=O)C2=CC(Br)=NCC2)cc1NC(C)c1cc2c(s1)NCC=N2. The number of nitrogens with zero attached hydrogens (tertiary/aromatic N) is 2. The number of fused-ring (bicyclic) bond motifs is 1. The number of carbonyl (C=O) groups excluding carboxylic acids is 1. The van der Waals surface area contributed by atoms with E-state index >= 15 is 0 Å². The lowest BCUT2D eigenvalue weighted by atomic mass is 10.1. The first-order valence-corrected chi connectivity index (χ1v) is 11.1. The predicted molar refractivity (Wildman–Crippen MR) is 127 cm³/mol. The number of dihydropyridines is 1. The molecule has 0 saturated carbocycles. The number of aryl methyl sites for hydroxylation is 1. The first kappa shape index (κ1) is 19.8. The van der Waals surface area contributed by atoms with Gasteiger partial charge in [0.05, 0.1) is 18.3 Å². The molecule has 29 heavy (non-hydrogen) atoms. The second-order valence-corrected chi connectivity index (χ2v) is 8.93. The first-order valence-electron chi connectivity index (χ1n) is 9.49. The normalized spacial score (nSPS) is 16.2. The molecule has 1 aromatic heterocycles. The van der Waals surface area contributed by atoms with Crippen LogP contribution in [0.15, 0.2) is 45.9 Å². The number of halogens is 1. The first-order chi connectivity index (χ1) is 14.0. The maximum atomic E-state index is 12.6. The van der Waals surface area contributed by atoms with Crippen molar-refractivity contribution in [3.8, 4) is 0 Å². The number of benzene rings is 1. The predicted octanol–water partition coefficient (Wildman–Crippen LogP) is 5.42. The van der Waals surface area contributed by atoms with E-state index in [0.29, 0.717) is 17.6 Å². The lowest BCUT2D eigenvalue weighted by molar-refractivity contribution is -0.113. The number of nitrogens with one attached hydrogen (secondary N) is 3. The van der Waals surface area contributed by atoms with E-state index in [9.17, 15) is 4.79 Å². The Bertz CT molecular complexity index is 1040. The summed E-state index contributed by atoms with van der Waals surface area (Å²) >= 11 is 5.07. The van der Waals surface area contributed by atoms with Crippen LogP contribution in [0.2, 0.25) is 0 Å². The Balaban J connectivity index is 1.48. The van der Waals surface area contributed by atoms with E-state index in [-0.39, 0.29) is 11.9 Å². The van der Waals surface area contributed by atoms with E-state index in [0.717, 1.165) is 39.7 Å². The fraction of sp³-hybridized carbons (Fsp3) is 0.286. The fourth-order valence-corrected chi connectivity index (χ4v) is 4.68. The van der Waals surface area contributed by atoms with Crippen molar-refractivity contribution in [3.05, 3.63) is 46.4 Å². The average molecular weight is 472 g/mol. The highest BCUT2D eigenvalue weighted by Gasteiger charge is 2.17. The number of allylic oxidation sites excluding steroid dienone is 1. The Labute approximate surface area is 182 Å². The summed E-state index contributed by atoms with van der Waals surface area (Å²) < 4.78 is 0.714. The van der Waals surface area contributed by atoms with E-state index in [4.69, 9.17) is 0 Å². The molecule has 0 radical (unpaired) electrons. The van der Waals surface area contributed by atoms with Crippen molar-refractivity contribution >= 4 is 66.1 Å². The molecule has 150 valence electrons. The highest BCUT2D eigenvalue weighted by atomic mass is 79.9. The van der Waals surface area contributed by atoms with Gasteiger partial charge in [0.25, 0.3) is 5.91 Å². The van der Waals surface area contributed by atoms with Crippen molar-refractivity contribution in [3.63, 3.8) is 0 Å². The van der Waals surface area contributed by atoms with E-state index < -0.39 is 0 Å². The molecule has 0 aliphatic carbocycles. The maximum Gasteiger partial charge on any atom is 0.251 e. The Morgan fingerprint density at radius 3 is 3.00 bits per heavy atom. The summed E-state index contributed by atoms with van der Waals surface area (Å²) in [6.45, 7) is 5.59. The van der Waals surface area contributed by atoms with Gasteiger partial charge in [-0.05, 0) is 66.0 Å². The summed E-state index contributed by atoms with van der Waals surface area (Å²) in [5, 5.41) is 11.0. The molecule has 0 bridgehead atoms. The van der Waals surface area contributed by atoms with Crippen LogP contribution in [0.5, 0.6) is 0 Å². The average Bonchev–Trinajstić information content (AvgIpc) is 3.15. The minimum absolute atomic E-state index is 0.0884. The van der Waals surface area contributed by atoms with Gasteiger partial charge < -0.3 is 16.0 Å². The van der Waals surface area contributed by atoms with Crippen LogP contribution in [0, 0.1) is 6.92 Å². The summed E-state index contributed by atoms with van der Waals surface area (Å²) in [5.41, 5.74) is 4.62. The third kappa shape index (κ3) is 4.59. The monoisotopic (exact) mass is 471 g/mol. The number of thiophene rings is 1. The lowest BCUT2D eigenvalue weighted by Gasteiger charge is -2.18. The van der Waals surface area contributed by atoms with Crippen LogP contribution in [0.1, 0.15) is 29.8 Å². The maximum absolute atomic E-state index is 12.6. The second kappa shape index (κ2) is 8.51. The standard InChI is InChI=1S/C21H22BrN5OS/c1-12-3-4-15(27-20(28)14-5-6-24-19(22)9-14)10-16(12)26-13(2)18-11-17-21(29-18)25-8-7-23-17/h3-4,7,9-11,13,25-26H,5-6,8H2,1-2H3,(H,27,28). The summed E-state index contributed by atoms with van der Waals surface area (Å²) in [7, 11) is 0. The largest absolute Gasteiger partial charge is 0.377 e. The number of aliphatic imine (C=N–C) groups is 2. The lowest BCUT2D eigenvalue weighted by Crippen LogP contribution is -2.18. The zero-order valence-corrected chi connectivity index (χ0v) is 18.7. The minimum Gasteiger partial charge on any atom is -0.377 e. The third-order valence-corrected chi connectivity index (χ3v) is 6.58. The molecule has 2 aromatic rings. The molecule has 2 aliphatic heterocycles. The van der Waals surface area contributed by atoms with Crippen LogP contribution in [0.4, 0.5) is 22.1 Å². The molecule has 0 saturated heterocycles. The Morgan fingerprint density at radius 2 is 2.21 bits per heavy atom. The van der Waals surface area contributed by atoms with E-state index in [1.165, 1.54) is 4.88 Å². The van der Waals surface area contributed by atoms with Gasteiger partial charge >= 0.3 is 0 Å². The van der Waals surface area contributed by atoms with Gasteiger partial charge in [0.1, 0.15) is 9.62 Å². The van der Waals surface area contributed by atoms with Crippen molar-refractivity contribution in [2.75, 3.05) is 29.0 Å². The van der Waals surface area contributed by atoms with Crippen LogP contribution < -0.4 is 16.0 Å². The molecule has 3 N–H and O–H groups in total. The molecule has 1 unspecified atom stereocenters. The van der Waals surface area contributed by atoms with Gasteiger partial charge in [0.2, 0.25) is 0 Å². The summed E-state index contributed by atoms with van der Waals surface area (Å²) in [4.78, 5) is 22.5. The fourth-order valence-electron chi connectivity index (χ4n) is 3.21. The second-order valence-electron chi connectivity index (χ2n) is 7.03.